The van der Waals surface area contributed by atoms with Crippen molar-refractivity contribution in [2.75, 3.05) is 11.4 Å². The van der Waals surface area contributed by atoms with Crippen LogP contribution in [0.25, 0.3) is 6.08 Å². The maximum absolute atomic E-state index is 11.2. The topological polar surface area (TPSA) is 52.9 Å². The first-order chi connectivity index (χ1) is 10.2. The third kappa shape index (κ3) is 1.83. The van der Waals surface area contributed by atoms with Gasteiger partial charge in [-0.05, 0) is 29.4 Å². The summed E-state index contributed by atoms with van der Waals surface area (Å²) < 4.78 is 0. The quantitative estimate of drug-likeness (QED) is 0.904. The average Bonchev–Trinajstić information content (AvgIpc) is 2.85. The molecule has 1 aliphatic carbocycles. The molecule has 21 heavy (non-hydrogen) atoms. The molecule has 4 heteroatoms. The summed E-state index contributed by atoms with van der Waals surface area (Å²) >= 11 is 0. The molecule has 1 aromatic rings. The van der Waals surface area contributed by atoms with E-state index in [4.69, 9.17) is 4.99 Å². The summed E-state index contributed by atoms with van der Waals surface area (Å²) in [4.78, 5) is 17.9. The largest absolute Gasteiger partial charge is 0.480 e. The highest BCUT2D eigenvalue weighted by Crippen LogP contribution is 2.41. The number of carboxylic acids is 1. The third-order valence-corrected chi connectivity index (χ3v) is 4.10. The summed E-state index contributed by atoms with van der Waals surface area (Å²) in [5.74, 6) is -0.670. The Morgan fingerprint density at radius 3 is 3.00 bits per heavy atom. The van der Waals surface area contributed by atoms with Gasteiger partial charge in [0.2, 0.25) is 0 Å². The van der Waals surface area contributed by atoms with Gasteiger partial charge in [0.1, 0.15) is 12.7 Å². The lowest BCUT2D eigenvalue weighted by Gasteiger charge is -2.34. The Morgan fingerprint density at radius 1 is 1.29 bits per heavy atom. The Kier molecular flexibility index (Phi) is 2.57. The zero-order valence-electron chi connectivity index (χ0n) is 11.3. The molecule has 0 radical (unpaired) electrons. The molecule has 0 spiro atoms. The van der Waals surface area contributed by atoms with Crippen LogP contribution in [-0.2, 0) is 4.79 Å². The van der Waals surface area contributed by atoms with Crippen LogP contribution in [0, 0.1) is 5.92 Å². The molecule has 0 saturated carbocycles. The minimum absolute atomic E-state index is 0.0457. The van der Waals surface area contributed by atoms with Crippen LogP contribution in [0.15, 0.2) is 59.1 Å². The lowest BCUT2D eigenvalue weighted by atomic mass is 9.88. The fourth-order valence-electron chi connectivity index (χ4n) is 3.23. The molecule has 4 nitrogen and oxygen atoms in total. The minimum Gasteiger partial charge on any atom is -0.480 e. The molecule has 2 heterocycles. The van der Waals surface area contributed by atoms with Crippen LogP contribution in [0.1, 0.15) is 5.56 Å². The van der Waals surface area contributed by atoms with E-state index < -0.39 is 5.97 Å². The van der Waals surface area contributed by atoms with Crippen molar-refractivity contribution in [1.82, 2.24) is 0 Å². The number of hydrogen-bond acceptors (Lipinski definition) is 3. The smallest absolute Gasteiger partial charge is 0.323 e. The van der Waals surface area contributed by atoms with E-state index in [1.807, 2.05) is 47.4 Å². The van der Waals surface area contributed by atoms with Crippen LogP contribution < -0.4 is 4.90 Å². The second-order valence-corrected chi connectivity index (χ2v) is 5.37. The van der Waals surface area contributed by atoms with Crippen molar-refractivity contribution < 1.29 is 9.90 Å². The van der Waals surface area contributed by atoms with Crippen molar-refractivity contribution >= 4 is 23.4 Å². The van der Waals surface area contributed by atoms with E-state index in [0.29, 0.717) is 0 Å². The molecule has 1 N–H and O–H groups in total. The first-order valence-electron chi connectivity index (χ1n) is 6.95. The summed E-state index contributed by atoms with van der Waals surface area (Å²) in [5, 5.41) is 9.23. The molecule has 2 unspecified atom stereocenters. The van der Waals surface area contributed by atoms with Crippen LogP contribution >= 0.6 is 0 Å². The zero-order valence-corrected chi connectivity index (χ0v) is 11.3. The van der Waals surface area contributed by atoms with Crippen LogP contribution in [0.3, 0.4) is 0 Å². The van der Waals surface area contributed by atoms with E-state index in [1.165, 1.54) is 0 Å². The van der Waals surface area contributed by atoms with Crippen molar-refractivity contribution in [2.45, 2.75) is 6.17 Å². The monoisotopic (exact) mass is 278 g/mol. The maximum Gasteiger partial charge on any atom is 0.323 e. The van der Waals surface area contributed by atoms with Gasteiger partial charge in [0.15, 0.2) is 0 Å². The molecule has 104 valence electrons. The number of rotatable bonds is 2. The molecular weight excluding hydrogens is 264 g/mol. The summed E-state index contributed by atoms with van der Waals surface area (Å²) in [6.45, 7) is -0.0457. The Labute approximate surface area is 122 Å². The second kappa shape index (κ2) is 4.45. The number of anilines is 1. The number of hydrogen-bond donors (Lipinski definition) is 1. The van der Waals surface area contributed by atoms with Crippen molar-refractivity contribution in [3.63, 3.8) is 0 Å². The number of carboxylic acid groups (broad SMARTS) is 1. The summed E-state index contributed by atoms with van der Waals surface area (Å²) in [6.07, 6.45) is 10.1. The Hall–Kier alpha value is -2.62. The van der Waals surface area contributed by atoms with E-state index in [0.717, 1.165) is 22.5 Å². The van der Waals surface area contributed by atoms with E-state index in [2.05, 4.69) is 12.2 Å². The van der Waals surface area contributed by atoms with Gasteiger partial charge < -0.3 is 10.0 Å². The molecule has 2 atom stereocenters. The zero-order chi connectivity index (χ0) is 14.4. The number of para-hydroxylation sites is 1. The number of nitrogens with zero attached hydrogens (tertiary/aromatic N) is 2. The third-order valence-electron chi connectivity index (χ3n) is 4.10. The highest BCUT2D eigenvalue weighted by molar-refractivity contribution is 6.05. The van der Waals surface area contributed by atoms with E-state index in [1.54, 1.807) is 0 Å². The molecule has 0 saturated heterocycles. The van der Waals surface area contributed by atoms with E-state index in [-0.39, 0.29) is 18.6 Å². The molecule has 0 fully saturated rings. The summed E-state index contributed by atoms with van der Waals surface area (Å²) in [5.41, 5.74) is 4.16. The molecule has 4 rings (SSSR count). The molecule has 0 amide bonds. The van der Waals surface area contributed by atoms with Gasteiger partial charge in [-0.3, -0.25) is 9.79 Å². The van der Waals surface area contributed by atoms with Gasteiger partial charge in [-0.2, -0.15) is 0 Å². The Balaban J connectivity index is 1.86. The second-order valence-electron chi connectivity index (χ2n) is 5.37. The number of carbonyl (C=O) groups is 1. The Morgan fingerprint density at radius 2 is 2.14 bits per heavy atom. The molecule has 0 aromatic heterocycles. The molecule has 1 aromatic carbocycles. The SMILES string of the molecule is O=C(O)CN1c2ccccc2C=C2C3C=CC=CC3=NC21. The van der Waals surface area contributed by atoms with E-state index >= 15 is 0 Å². The van der Waals surface area contributed by atoms with Crippen LogP contribution in [0.4, 0.5) is 5.69 Å². The predicted octanol–water partition coefficient (Wildman–Crippen LogP) is 2.50. The Bertz CT molecular complexity index is 743. The van der Waals surface area contributed by atoms with Crippen LogP contribution in [-0.4, -0.2) is 29.5 Å². The van der Waals surface area contributed by atoms with E-state index in [9.17, 15) is 9.90 Å². The normalized spacial score (nSPS) is 24.9. The fraction of sp³-hybridized carbons (Fsp3) is 0.176. The number of fused-ring (bicyclic) bond motifs is 4. The van der Waals surface area contributed by atoms with Crippen molar-refractivity contribution in [3.05, 3.63) is 59.7 Å². The van der Waals surface area contributed by atoms with Gasteiger partial charge in [-0.25, -0.2) is 0 Å². The number of aliphatic carboxylic acids is 1. The lowest BCUT2D eigenvalue weighted by molar-refractivity contribution is -0.135. The van der Waals surface area contributed by atoms with Gasteiger partial charge in [0.05, 0.1) is 0 Å². The van der Waals surface area contributed by atoms with Crippen molar-refractivity contribution in [3.8, 4) is 0 Å². The van der Waals surface area contributed by atoms with Gasteiger partial charge in [0.25, 0.3) is 0 Å². The molecular formula is C17H14N2O2. The van der Waals surface area contributed by atoms with Crippen molar-refractivity contribution in [2.24, 2.45) is 10.9 Å². The van der Waals surface area contributed by atoms with Crippen LogP contribution in [0.2, 0.25) is 0 Å². The molecule has 3 aliphatic rings. The minimum atomic E-state index is -0.841. The van der Waals surface area contributed by atoms with Gasteiger partial charge in [-0.1, -0.05) is 36.4 Å². The summed E-state index contributed by atoms with van der Waals surface area (Å²) in [7, 11) is 0. The number of aliphatic imine (C=N–C) groups is 1. The summed E-state index contributed by atoms with van der Waals surface area (Å²) in [6, 6.07) is 7.89. The number of benzene rings is 1. The lowest BCUT2D eigenvalue weighted by Crippen LogP contribution is -2.40. The predicted molar refractivity (Wildman–Crippen MR) is 82.4 cm³/mol. The average molecular weight is 278 g/mol. The highest BCUT2D eigenvalue weighted by atomic mass is 16.4. The number of allylic oxidation sites excluding steroid dienone is 4. The van der Waals surface area contributed by atoms with Crippen molar-refractivity contribution in [1.29, 1.82) is 0 Å². The van der Waals surface area contributed by atoms with Crippen LogP contribution in [0.5, 0.6) is 0 Å². The first kappa shape index (κ1) is 12.1. The molecule has 2 aliphatic heterocycles. The van der Waals surface area contributed by atoms with Gasteiger partial charge in [-0.15, -0.1) is 0 Å². The first-order valence-corrected chi connectivity index (χ1v) is 6.95. The van der Waals surface area contributed by atoms with Gasteiger partial charge in [0, 0.05) is 17.3 Å². The highest BCUT2D eigenvalue weighted by Gasteiger charge is 2.38. The maximum atomic E-state index is 11.2. The van der Waals surface area contributed by atoms with Gasteiger partial charge >= 0.3 is 5.97 Å². The standard InChI is InChI=1S/C17H14N2O2/c20-16(21)10-19-15-8-4-1-5-11(15)9-13-12-6-2-3-7-14(12)18-17(13)19/h1-9,12,17H,10H2,(H,20,21). The fourth-order valence-corrected chi connectivity index (χ4v) is 3.23. The molecule has 0 bridgehead atoms.